The molecule has 0 amide bonds. The molecule has 0 fully saturated rings. The van der Waals surface area contributed by atoms with Crippen LogP contribution in [-0.4, -0.2) is 13.0 Å². The Labute approximate surface area is 89.6 Å². The first-order valence-corrected chi connectivity index (χ1v) is 4.49. The van der Waals surface area contributed by atoms with Crippen LogP contribution in [0.4, 0.5) is 13.2 Å². The van der Waals surface area contributed by atoms with E-state index in [0.717, 1.165) is 6.07 Å². The summed E-state index contributed by atoms with van der Waals surface area (Å²) in [5, 5.41) is 0.0820. The second kappa shape index (κ2) is 4.61. The molecule has 1 aromatic rings. The Morgan fingerprint density at radius 2 is 2.00 bits per heavy atom. The third kappa shape index (κ3) is 3.51. The molecule has 0 aliphatic rings. The van der Waals surface area contributed by atoms with Crippen LogP contribution in [0.5, 0.6) is 11.5 Å². The molecule has 84 valence electrons. The summed E-state index contributed by atoms with van der Waals surface area (Å²) in [6.45, 7) is 1.85. The molecule has 0 saturated carbocycles. The quantitative estimate of drug-likeness (QED) is 0.803. The Hall–Kier alpha value is -1.10. The molecule has 0 spiro atoms. The minimum atomic E-state index is -4.75. The number of halogens is 4. The van der Waals surface area contributed by atoms with Gasteiger partial charge in [0, 0.05) is 0 Å². The van der Waals surface area contributed by atoms with Gasteiger partial charge in [-0.1, -0.05) is 17.7 Å². The smallest absolute Gasteiger partial charge is 0.488 e. The molecule has 0 N–H and O–H groups in total. The van der Waals surface area contributed by atoms with E-state index in [1.165, 1.54) is 12.1 Å². The molecule has 2 nitrogen and oxygen atoms in total. The lowest BCUT2D eigenvalue weighted by atomic mass is 10.3. The number of ether oxygens (including phenoxy) is 2. The Balaban J connectivity index is 3.00. The third-order valence-corrected chi connectivity index (χ3v) is 1.74. The minimum absolute atomic E-state index is 0.0820. The molecule has 0 unspecified atom stereocenters. The van der Waals surface area contributed by atoms with E-state index in [1.807, 2.05) is 0 Å². The van der Waals surface area contributed by atoms with E-state index in [1.54, 1.807) is 6.92 Å². The Bertz CT molecular complexity index is 339. The van der Waals surface area contributed by atoms with Crippen molar-refractivity contribution in [3.05, 3.63) is 23.2 Å². The number of para-hydroxylation sites is 1. The highest BCUT2D eigenvalue weighted by Crippen LogP contribution is 2.37. The molecule has 6 heteroatoms. The molecule has 0 aliphatic heterocycles. The SMILES string of the molecule is CCOc1c(Cl)cccc1OC(F)(F)F. The summed E-state index contributed by atoms with van der Waals surface area (Å²) >= 11 is 5.66. The van der Waals surface area contributed by atoms with Gasteiger partial charge in [-0.25, -0.2) is 0 Å². The maximum absolute atomic E-state index is 12.0. The number of benzene rings is 1. The molecule has 1 rings (SSSR count). The van der Waals surface area contributed by atoms with E-state index in [0.29, 0.717) is 0 Å². The predicted molar refractivity (Wildman–Crippen MR) is 49.3 cm³/mol. The molecular weight excluding hydrogens is 233 g/mol. The number of rotatable bonds is 3. The topological polar surface area (TPSA) is 18.5 Å². The van der Waals surface area contributed by atoms with E-state index in [9.17, 15) is 13.2 Å². The Morgan fingerprint density at radius 3 is 2.53 bits per heavy atom. The lowest BCUT2D eigenvalue weighted by molar-refractivity contribution is -0.275. The van der Waals surface area contributed by atoms with E-state index >= 15 is 0 Å². The van der Waals surface area contributed by atoms with Crippen molar-refractivity contribution in [2.24, 2.45) is 0 Å². The van der Waals surface area contributed by atoms with Crippen LogP contribution in [0.15, 0.2) is 18.2 Å². The van der Waals surface area contributed by atoms with Gasteiger partial charge in [-0.3, -0.25) is 0 Å². The molecule has 0 aromatic heterocycles. The molecule has 0 aliphatic carbocycles. The van der Waals surface area contributed by atoms with Crippen LogP contribution in [-0.2, 0) is 0 Å². The van der Waals surface area contributed by atoms with Crippen LogP contribution >= 0.6 is 11.6 Å². The van der Waals surface area contributed by atoms with Crippen LogP contribution < -0.4 is 9.47 Å². The lowest BCUT2D eigenvalue weighted by Gasteiger charge is -2.14. The fourth-order valence-corrected chi connectivity index (χ4v) is 1.20. The summed E-state index contributed by atoms with van der Waals surface area (Å²) in [7, 11) is 0. The van der Waals surface area contributed by atoms with Crippen molar-refractivity contribution < 1.29 is 22.6 Å². The molecule has 0 radical (unpaired) electrons. The first-order chi connectivity index (χ1) is 6.94. The normalized spacial score (nSPS) is 11.3. The third-order valence-electron chi connectivity index (χ3n) is 1.45. The summed E-state index contributed by atoms with van der Waals surface area (Å²) < 4.78 is 44.6. The predicted octanol–water partition coefficient (Wildman–Crippen LogP) is 3.64. The maximum Gasteiger partial charge on any atom is 0.573 e. The highest BCUT2D eigenvalue weighted by molar-refractivity contribution is 6.32. The molecule has 1 aromatic carbocycles. The molecule has 0 bridgehead atoms. The lowest BCUT2D eigenvalue weighted by Crippen LogP contribution is -2.17. The first kappa shape index (κ1) is 12.0. The summed E-state index contributed by atoms with van der Waals surface area (Å²) in [5.41, 5.74) is 0. The number of alkyl halides is 3. The zero-order valence-electron chi connectivity index (χ0n) is 7.77. The highest BCUT2D eigenvalue weighted by Gasteiger charge is 2.32. The monoisotopic (exact) mass is 240 g/mol. The van der Waals surface area contributed by atoms with Gasteiger partial charge in [0.2, 0.25) is 0 Å². The van der Waals surface area contributed by atoms with Gasteiger partial charge < -0.3 is 9.47 Å². The molecule has 0 saturated heterocycles. The van der Waals surface area contributed by atoms with Gasteiger partial charge in [-0.2, -0.15) is 0 Å². The molecular formula is C9H8ClF3O2. The number of hydrogen-bond acceptors (Lipinski definition) is 2. The van der Waals surface area contributed by atoms with Gasteiger partial charge in [-0.15, -0.1) is 13.2 Å². The molecule has 0 atom stereocenters. The zero-order valence-corrected chi connectivity index (χ0v) is 8.52. The van der Waals surface area contributed by atoms with Crippen molar-refractivity contribution in [1.82, 2.24) is 0 Å². The van der Waals surface area contributed by atoms with Gasteiger partial charge in [0.15, 0.2) is 11.5 Å². The molecule has 15 heavy (non-hydrogen) atoms. The average molecular weight is 241 g/mol. The van der Waals surface area contributed by atoms with Gasteiger partial charge in [0.05, 0.1) is 11.6 Å². The minimum Gasteiger partial charge on any atom is -0.488 e. The van der Waals surface area contributed by atoms with Crippen molar-refractivity contribution in [3.63, 3.8) is 0 Å². The zero-order chi connectivity index (χ0) is 11.5. The van der Waals surface area contributed by atoms with E-state index in [4.69, 9.17) is 16.3 Å². The first-order valence-electron chi connectivity index (χ1n) is 4.11. The molecule has 0 heterocycles. The highest BCUT2D eigenvalue weighted by atomic mass is 35.5. The van der Waals surface area contributed by atoms with E-state index in [2.05, 4.69) is 4.74 Å². The van der Waals surface area contributed by atoms with Crippen LogP contribution in [0.3, 0.4) is 0 Å². The van der Waals surface area contributed by atoms with Crippen molar-refractivity contribution in [3.8, 4) is 11.5 Å². The maximum atomic E-state index is 12.0. The Kier molecular flexibility index (Phi) is 3.68. The average Bonchev–Trinajstić information content (AvgIpc) is 2.08. The summed E-state index contributed by atoms with van der Waals surface area (Å²) in [6.07, 6.45) is -4.75. The van der Waals surface area contributed by atoms with Crippen LogP contribution in [0, 0.1) is 0 Å². The summed E-state index contributed by atoms with van der Waals surface area (Å²) in [6, 6.07) is 3.92. The van der Waals surface area contributed by atoms with Crippen molar-refractivity contribution in [2.75, 3.05) is 6.61 Å². The van der Waals surface area contributed by atoms with Crippen LogP contribution in [0.25, 0.3) is 0 Å². The van der Waals surface area contributed by atoms with Crippen molar-refractivity contribution >= 4 is 11.6 Å². The van der Waals surface area contributed by atoms with Gasteiger partial charge in [-0.05, 0) is 19.1 Å². The fourth-order valence-electron chi connectivity index (χ4n) is 0.979. The fraction of sp³-hybridized carbons (Fsp3) is 0.333. The van der Waals surface area contributed by atoms with Gasteiger partial charge in [0.1, 0.15) is 0 Å². The van der Waals surface area contributed by atoms with Gasteiger partial charge >= 0.3 is 6.36 Å². The largest absolute Gasteiger partial charge is 0.573 e. The van der Waals surface area contributed by atoms with Crippen LogP contribution in [0.1, 0.15) is 6.92 Å². The number of hydrogen-bond donors (Lipinski definition) is 0. The summed E-state index contributed by atoms with van der Waals surface area (Å²) in [5.74, 6) is -0.532. The summed E-state index contributed by atoms with van der Waals surface area (Å²) in [4.78, 5) is 0. The second-order valence-electron chi connectivity index (χ2n) is 2.55. The van der Waals surface area contributed by atoms with Gasteiger partial charge in [0.25, 0.3) is 0 Å². The standard InChI is InChI=1S/C9H8ClF3O2/c1-2-14-8-6(10)4-3-5-7(8)15-9(11,12)13/h3-5H,2H2,1H3. The van der Waals surface area contributed by atoms with Crippen molar-refractivity contribution in [1.29, 1.82) is 0 Å². The van der Waals surface area contributed by atoms with Crippen LogP contribution in [0.2, 0.25) is 5.02 Å². The van der Waals surface area contributed by atoms with E-state index in [-0.39, 0.29) is 17.4 Å². The second-order valence-corrected chi connectivity index (χ2v) is 2.96. The van der Waals surface area contributed by atoms with E-state index < -0.39 is 12.1 Å². The Morgan fingerprint density at radius 1 is 1.33 bits per heavy atom. The van der Waals surface area contributed by atoms with Crippen molar-refractivity contribution in [2.45, 2.75) is 13.3 Å².